The third-order valence-electron chi connectivity index (χ3n) is 7.04. The normalized spacial score (nSPS) is 30.4. The average Bonchev–Trinajstić information content (AvgIpc) is 3.45. The van der Waals surface area contributed by atoms with E-state index in [1.807, 2.05) is 32.0 Å². The number of rotatable bonds is 2. The second-order valence-corrected chi connectivity index (χ2v) is 8.65. The maximum atomic E-state index is 13.9. The van der Waals surface area contributed by atoms with Crippen molar-refractivity contribution in [1.29, 1.82) is 0 Å². The fourth-order valence-electron chi connectivity index (χ4n) is 5.51. The van der Waals surface area contributed by atoms with Crippen molar-refractivity contribution < 1.29 is 14.3 Å². The summed E-state index contributed by atoms with van der Waals surface area (Å²) in [6.07, 6.45) is 6.07. The van der Waals surface area contributed by atoms with Crippen LogP contribution in [0.1, 0.15) is 58.9 Å². The van der Waals surface area contributed by atoms with Crippen LogP contribution in [0.15, 0.2) is 42.0 Å². The standard InChI is InChI=1S/C22H27NO3.C2H6/c1-20(2)18-10-13-23(17-8-9-17)19(24)21(18,16-6-4-3-5-7-16)11-12-22(20)25-14-15-26-22;1-2/h3-7,10,17H,8-9,11-15H2,1-2H3;1-2H3. The van der Waals surface area contributed by atoms with Crippen molar-refractivity contribution >= 4 is 5.91 Å². The van der Waals surface area contributed by atoms with Crippen LogP contribution < -0.4 is 0 Å². The van der Waals surface area contributed by atoms with E-state index in [1.165, 1.54) is 5.57 Å². The van der Waals surface area contributed by atoms with Crippen molar-refractivity contribution in [3.05, 3.63) is 47.5 Å². The van der Waals surface area contributed by atoms with Gasteiger partial charge in [-0.15, -0.1) is 0 Å². The van der Waals surface area contributed by atoms with Crippen LogP contribution in [-0.4, -0.2) is 42.4 Å². The molecule has 0 aromatic heterocycles. The number of benzene rings is 1. The van der Waals surface area contributed by atoms with Gasteiger partial charge in [0.1, 0.15) is 0 Å². The van der Waals surface area contributed by atoms with Crippen molar-refractivity contribution in [2.75, 3.05) is 19.8 Å². The second kappa shape index (κ2) is 7.00. The summed E-state index contributed by atoms with van der Waals surface area (Å²) in [6, 6.07) is 10.8. The molecule has 4 heteroatoms. The zero-order valence-corrected chi connectivity index (χ0v) is 17.7. The fourth-order valence-corrected chi connectivity index (χ4v) is 5.51. The largest absolute Gasteiger partial charge is 0.347 e. The van der Waals surface area contributed by atoms with Crippen molar-refractivity contribution in [2.45, 2.75) is 70.6 Å². The van der Waals surface area contributed by atoms with Crippen LogP contribution in [-0.2, 0) is 19.7 Å². The van der Waals surface area contributed by atoms with Crippen molar-refractivity contribution in [2.24, 2.45) is 5.41 Å². The molecule has 2 saturated carbocycles. The number of nitrogens with zero attached hydrogens (tertiary/aromatic N) is 1. The quantitative estimate of drug-likeness (QED) is 0.709. The molecule has 1 saturated heterocycles. The Kier molecular flexibility index (Phi) is 4.91. The van der Waals surface area contributed by atoms with E-state index in [1.54, 1.807) is 0 Å². The van der Waals surface area contributed by atoms with E-state index in [0.717, 1.165) is 31.2 Å². The number of ether oxygens (including phenoxy) is 2. The van der Waals surface area contributed by atoms with Gasteiger partial charge in [0.15, 0.2) is 5.79 Å². The van der Waals surface area contributed by atoms with Gasteiger partial charge in [-0.05, 0) is 30.4 Å². The number of carbonyl (C=O) groups excluding carboxylic acids is 1. The summed E-state index contributed by atoms with van der Waals surface area (Å²) in [7, 11) is 0. The third-order valence-corrected chi connectivity index (χ3v) is 7.04. The molecule has 2 heterocycles. The van der Waals surface area contributed by atoms with E-state index in [0.29, 0.717) is 25.8 Å². The zero-order valence-electron chi connectivity index (χ0n) is 17.7. The lowest BCUT2D eigenvalue weighted by Gasteiger charge is -2.57. The first kappa shape index (κ1) is 19.7. The fraction of sp³-hybridized carbons (Fsp3) is 0.625. The highest BCUT2D eigenvalue weighted by molar-refractivity contribution is 5.94. The Morgan fingerprint density at radius 2 is 1.64 bits per heavy atom. The summed E-state index contributed by atoms with van der Waals surface area (Å²) >= 11 is 0. The Balaban J connectivity index is 0.000000932. The Morgan fingerprint density at radius 1 is 1.00 bits per heavy atom. The molecule has 4 aliphatic rings. The summed E-state index contributed by atoms with van der Waals surface area (Å²) in [6.45, 7) is 10.4. The van der Waals surface area contributed by atoms with Gasteiger partial charge >= 0.3 is 0 Å². The zero-order chi connectivity index (χ0) is 20.0. The summed E-state index contributed by atoms with van der Waals surface area (Å²) in [4.78, 5) is 16.0. The van der Waals surface area contributed by atoms with Gasteiger partial charge in [0, 0.05) is 24.4 Å². The van der Waals surface area contributed by atoms with Crippen molar-refractivity contribution in [1.82, 2.24) is 4.90 Å². The SMILES string of the molecule is CC.CC1(C)C2=CCN(C3CC3)C(=O)C2(c2ccccc2)CCC12OCCO2. The van der Waals surface area contributed by atoms with Gasteiger partial charge in [-0.2, -0.15) is 0 Å². The summed E-state index contributed by atoms with van der Waals surface area (Å²) in [5.41, 5.74) is 1.38. The number of amides is 1. The van der Waals surface area contributed by atoms with Crippen LogP contribution in [0.3, 0.4) is 0 Å². The molecule has 2 aliphatic heterocycles. The van der Waals surface area contributed by atoms with E-state index in [-0.39, 0.29) is 11.3 Å². The highest BCUT2D eigenvalue weighted by atomic mass is 16.7. The predicted octanol–water partition coefficient (Wildman–Crippen LogP) is 4.44. The molecular weight excluding hydrogens is 350 g/mol. The Morgan fingerprint density at radius 3 is 2.25 bits per heavy atom. The summed E-state index contributed by atoms with van der Waals surface area (Å²) in [5, 5.41) is 0. The van der Waals surface area contributed by atoms with E-state index >= 15 is 0 Å². The van der Waals surface area contributed by atoms with E-state index in [9.17, 15) is 4.79 Å². The lowest BCUT2D eigenvalue weighted by atomic mass is 9.53. The molecule has 5 rings (SSSR count). The maximum absolute atomic E-state index is 13.9. The third kappa shape index (κ3) is 2.61. The maximum Gasteiger partial charge on any atom is 0.237 e. The van der Waals surface area contributed by atoms with Crippen LogP contribution in [0.4, 0.5) is 0 Å². The number of fused-ring (bicyclic) bond motifs is 1. The summed E-state index contributed by atoms with van der Waals surface area (Å²) < 4.78 is 12.3. The van der Waals surface area contributed by atoms with Gasteiger partial charge < -0.3 is 14.4 Å². The molecule has 0 bridgehead atoms. The van der Waals surface area contributed by atoms with E-state index < -0.39 is 11.2 Å². The number of hydrogen-bond acceptors (Lipinski definition) is 3. The summed E-state index contributed by atoms with van der Waals surface area (Å²) in [5.74, 6) is -0.316. The Labute approximate surface area is 168 Å². The molecule has 1 aromatic rings. The molecule has 1 spiro atoms. The van der Waals surface area contributed by atoms with Crippen molar-refractivity contribution in [3.8, 4) is 0 Å². The van der Waals surface area contributed by atoms with E-state index in [4.69, 9.17) is 9.47 Å². The van der Waals surface area contributed by atoms with Crippen molar-refractivity contribution in [3.63, 3.8) is 0 Å². The van der Waals surface area contributed by atoms with Gasteiger partial charge in [-0.25, -0.2) is 0 Å². The molecule has 1 atom stereocenters. The first-order valence-corrected chi connectivity index (χ1v) is 10.9. The molecule has 1 aromatic carbocycles. The monoisotopic (exact) mass is 383 g/mol. The minimum Gasteiger partial charge on any atom is -0.347 e. The Hall–Kier alpha value is -1.65. The van der Waals surface area contributed by atoms with Gasteiger partial charge in [0.2, 0.25) is 5.91 Å². The van der Waals surface area contributed by atoms with Gasteiger partial charge in [0.05, 0.1) is 18.6 Å². The second-order valence-electron chi connectivity index (χ2n) is 8.65. The smallest absolute Gasteiger partial charge is 0.237 e. The van der Waals surface area contributed by atoms with Crippen LogP contribution in [0.2, 0.25) is 0 Å². The molecule has 28 heavy (non-hydrogen) atoms. The van der Waals surface area contributed by atoms with Gasteiger partial charge in [-0.3, -0.25) is 4.79 Å². The van der Waals surface area contributed by atoms with Crippen LogP contribution in [0.5, 0.6) is 0 Å². The molecule has 152 valence electrons. The first-order chi connectivity index (χ1) is 13.5. The minimum absolute atomic E-state index is 0.282. The molecular formula is C24H33NO3. The molecule has 0 N–H and O–H groups in total. The predicted molar refractivity (Wildman–Crippen MR) is 110 cm³/mol. The van der Waals surface area contributed by atoms with E-state index in [2.05, 4.69) is 37.0 Å². The van der Waals surface area contributed by atoms with Crippen LogP contribution in [0, 0.1) is 5.41 Å². The number of carbonyl (C=O) groups is 1. The lowest BCUT2D eigenvalue weighted by Crippen LogP contribution is -2.63. The molecule has 4 nitrogen and oxygen atoms in total. The molecule has 1 amide bonds. The molecule has 0 radical (unpaired) electrons. The van der Waals surface area contributed by atoms with Crippen LogP contribution in [0.25, 0.3) is 0 Å². The molecule has 2 aliphatic carbocycles. The molecule has 3 fully saturated rings. The minimum atomic E-state index is -0.598. The molecule has 1 unspecified atom stereocenters. The first-order valence-electron chi connectivity index (χ1n) is 10.9. The van der Waals surface area contributed by atoms with Gasteiger partial charge in [-0.1, -0.05) is 64.1 Å². The van der Waals surface area contributed by atoms with Crippen LogP contribution >= 0.6 is 0 Å². The highest BCUT2D eigenvalue weighted by Gasteiger charge is 2.65. The highest BCUT2D eigenvalue weighted by Crippen LogP contribution is 2.61. The Bertz CT molecular complexity index is 759. The number of hydrogen-bond donors (Lipinski definition) is 0. The average molecular weight is 384 g/mol. The lowest BCUT2D eigenvalue weighted by molar-refractivity contribution is -0.236. The topological polar surface area (TPSA) is 38.8 Å². The van der Waals surface area contributed by atoms with Gasteiger partial charge in [0.25, 0.3) is 0 Å².